The molecule has 1 fully saturated rings. The lowest BCUT2D eigenvalue weighted by molar-refractivity contribution is -0.0857. The van der Waals surface area contributed by atoms with E-state index in [1.165, 1.54) is 0 Å². The zero-order valence-corrected chi connectivity index (χ0v) is 14.2. The standard InChI is InChI=1S/C17H20N4OS/c1-16(2)12-17(8-11-22-16)14(19-13-6-4-3-5-7-13)20-15(23)21(17)10-9-18/h3-7H,8,10-12H2,1-2H3,(H,19,20,23)/t17-/m1/s1. The summed E-state index contributed by atoms with van der Waals surface area (Å²) in [6, 6.07) is 12.1. The summed E-state index contributed by atoms with van der Waals surface area (Å²) in [5.41, 5.74) is 0.284. The highest BCUT2D eigenvalue weighted by molar-refractivity contribution is 7.80. The largest absolute Gasteiger partial charge is 0.375 e. The van der Waals surface area contributed by atoms with Gasteiger partial charge in [-0.1, -0.05) is 18.2 Å². The summed E-state index contributed by atoms with van der Waals surface area (Å²) in [6.45, 7) is 4.99. The minimum Gasteiger partial charge on any atom is -0.375 e. The molecule has 5 nitrogen and oxygen atoms in total. The van der Waals surface area contributed by atoms with Gasteiger partial charge < -0.3 is 15.0 Å². The Morgan fingerprint density at radius 3 is 2.78 bits per heavy atom. The van der Waals surface area contributed by atoms with Gasteiger partial charge >= 0.3 is 0 Å². The van der Waals surface area contributed by atoms with Crippen LogP contribution in [0.15, 0.2) is 35.3 Å². The summed E-state index contributed by atoms with van der Waals surface area (Å²) < 4.78 is 5.88. The van der Waals surface area contributed by atoms with Crippen molar-refractivity contribution in [1.29, 1.82) is 5.26 Å². The molecule has 6 heteroatoms. The van der Waals surface area contributed by atoms with Crippen molar-refractivity contribution >= 4 is 28.9 Å². The quantitative estimate of drug-likeness (QED) is 0.668. The molecule has 1 aromatic carbocycles. The normalized spacial score (nSPS) is 26.0. The number of anilines is 1. The Balaban J connectivity index is 1.97. The van der Waals surface area contributed by atoms with E-state index >= 15 is 0 Å². The van der Waals surface area contributed by atoms with Gasteiger partial charge in [-0.2, -0.15) is 5.26 Å². The lowest BCUT2D eigenvalue weighted by Crippen LogP contribution is -2.60. The molecule has 2 aliphatic heterocycles. The van der Waals surface area contributed by atoms with Gasteiger partial charge in [0.15, 0.2) is 5.11 Å². The van der Waals surface area contributed by atoms with Gasteiger partial charge in [0.1, 0.15) is 17.9 Å². The second-order valence-corrected chi connectivity index (χ2v) is 6.91. The predicted molar refractivity (Wildman–Crippen MR) is 94.4 cm³/mol. The van der Waals surface area contributed by atoms with E-state index in [9.17, 15) is 5.26 Å². The second kappa shape index (κ2) is 5.91. The molecule has 0 aliphatic carbocycles. The van der Waals surface area contributed by atoms with Gasteiger partial charge in [-0.15, -0.1) is 0 Å². The van der Waals surface area contributed by atoms with E-state index < -0.39 is 5.54 Å². The number of benzene rings is 1. The fraction of sp³-hybridized carbons (Fsp3) is 0.471. The Morgan fingerprint density at radius 2 is 2.13 bits per heavy atom. The Bertz CT molecular complexity index is 680. The maximum absolute atomic E-state index is 9.21. The van der Waals surface area contributed by atoms with Crippen LogP contribution >= 0.6 is 12.2 Å². The molecular weight excluding hydrogens is 308 g/mol. The van der Waals surface area contributed by atoms with Crippen LogP contribution < -0.4 is 5.32 Å². The summed E-state index contributed by atoms with van der Waals surface area (Å²) in [5.74, 6) is 0.820. The molecule has 0 amide bonds. The van der Waals surface area contributed by atoms with E-state index in [0.29, 0.717) is 11.7 Å². The molecule has 120 valence electrons. The topological polar surface area (TPSA) is 60.6 Å². The molecule has 0 radical (unpaired) electrons. The lowest BCUT2D eigenvalue weighted by atomic mass is 9.79. The molecule has 0 unspecified atom stereocenters. The van der Waals surface area contributed by atoms with Crippen LogP contribution in [0, 0.1) is 11.3 Å². The summed E-state index contributed by atoms with van der Waals surface area (Å²) in [7, 11) is 0. The van der Waals surface area contributed by atoms with Crippen molar-refractivity contribution in [2.45, 2.75) is 37.8 Å². The highest BCUT2D eigenvalue weighted by atomic mass is 32.1. The van der Waals surface area contributed by atoms with E-state index in [-0.39, 0.29) is 12.1 Å². The number of nitrogens with one attached hydrogen (secondary N) is 1. The molecule has 1 spiro atoms. The average Bonchev–Trinajstić information content (AvgIpc) is 2.73. The molecule has 2 aliphatic rings. The van der Waals surface area contributed by atoms with Crippen LogP contribution in [0.3, 0.4) is 0 Å². The highest BCUT2D eigenvalue weighted by Crippen LogP contribution is 2.41. The van der Waals surface area contributed by atoms with Crippen LogP contribution in [-0.2, 0) is 4.74 Å². The summed E-state index contributed by atoms with van der Waals surface area (Å²) in [6.07, 6.45) is 1.50. The van der Waals surface area contributed by atoms with Crippen LogP contribution in [0.25, 0.3) is 0 Å². The van der Waals surface area contributed by atoms with Crippen LogP contribution in [-0.4, -0.2) is 40.1 Å². The van der Waals surface area contributed by atoms with Crippen LogP contribution in [0.2, 0.25) is 0 Å². The SMILES string of the molecule is CC1(C)C[C@]2(CCO1)C(Nc1ccccc1)=NC(=S)N2CC#N. The maximum Gasteiger partial charge on any atom is 0.198 e. The van der Waals surface area contributed by atoms with Crippen molar-refractivity contribution in [1.82, 2.24) is 4.90 Å². The fourth-order valence-electron chi connectivity index (χ4n) is 3.44. The number of hydrogen-bond donors (Lipinski definition) is 1. The third-order valence-electron chi connectivity index (χ3n) is 4.39. The predicted octanol–water partition coefficient (Wildman–Crippen LogP) is 2.95. The smallest absolute Gasteiger partial charge is 0.198 e. The van der Waals surface area contributed by atoms with Crippen LogP contribution in [0.4, 0.5) is 5.69 Å². The first-order valence-corrected chi connectivity index (χ1v) is 8.11. The first-order valence-electron chi connectivity index (χ1n) is 7.71. The van der Waals surface area contributed by atoms with Gasteiger partial charge in [0.25, 0.3) is 0 Å². The third kappa shape index (κ3) is 2.94. The molecule has 1 aromatic rings. The van der Waals surface area contributed by atoms with Crippen molar-refractivity contribution in [3.05, 3.63) is 30.3 Å². The lowest BCUT2D eigenvalue weighted by Gasteiger charge is -2.47. The minimum absolute atomic E-state index is 0.235. The first-order chi connectivity index (χ1) is 11.0. The Kier molecular flexibility index (Phi) is 4.09. The van der Waals surface area contributed by atoms with Gasteiger partial charge in [-0.25, -0.2) is 4.99 Å². The molecule has 3 rings (SSSR count). The van der Waals surface area contributed by atoms with Gasteiger partial charge in [-0.3, -0.25) is 0 Å². The van der Waals surface area contributed by atoms with E-state index in [2.05, 4.69) is 30.2 Å². The Morgan fingerprint density at radius 1 is 1.39 bits per heavy atom. The van der Waals surface area contributed by atoms with Gasteiger partial charge in [0.05, 0.1) is 11.7 Å². The number of amidine groups is 1. The molecule has 2 heterocycles. The van der Waals surface area contributed by atoms with E-state index in [4.69, 9.17) is 17.0 Å². The molecule has 23 heavy (non-hydrogen) atoms. The van der Waals surface area contributed by atoms with E-state index in [0.717, 1.165) is 24.4 Å². The molecule has 0 bridgehead atoms. The summed E-state index contributed by atoms with van der Waals surface area (Å²) in [4.78, 5) is 6.52. The molecule has 0 saturated carbocycles. The van der Waals surface area contributed by atoms with E-state index in [1.807, 2.05) is 35.2 Å². The average molecular weight is 328 g/mol. The number of hydrogen-bond acceptors (Lipinski definition) is 4. The Labute approximate surface area is 142 Å². The highest BCUT2D eigenvalue weighted by Gasteiger charge is 2.53. The fourth-order valence-corrected chi connectivity index (χ4v) is 3.77. The minimum atomic E-state index is -0.398. The number of rotatable bonds is 2. The van der Waals surface area contributed by atoms with Crippen molar-refractivity contribution in [3.63, 3.8) is 0 Å². The molecule has 1 saturated heterocycles. The number of para-hydroxylation sites is 1. The van der Waals surface area contributed by atoms with Crippen LogP contribution in [0.5, 0.6) is 0 Å². The number of ether oxygens (including phenoxy) is 1. The zero-order chi connectivity index (χ0) is 16.5. The maximum atomic E-state index is 9.21. The Hall–Kier alpha value is -1.97. The van der Waals surface area contributed by atoms with E-state index in [1.54, 1.807) is 0 Å². The first kappa shape index (κ1) is 15.9. The van der Waals surface area contributed by atoms with Gasteiger partial charge in [-0.05, 0) is 38.2 Å². The van der Waals surface area contributed by atoms with Crippen LogP contribution in [0.1, 0.15) is 26.7 Å². The van der Waals surface area contributed by atoms with Crippen molar-refractivity contribution < 1.29 is 4.74 Å². The van der Waals surface area contributed by atoms with Gasteiger partial charge in [0.2, 0.25) is 0 Å². The summed E-state index contributed by atoms with van der Waals surface area (Å²) in [5, 5.41) is 13.1. The summed E-state index contributed by atoms with van der Waals surface area (Å²) >= 11 is 5.43. The number of aliphatic imine (C=N–C) groups is 1. The molecular formula is C17H20N4OS. The van der Waals surface area contributed by atoms with Gasteiger partial charge in [0, 0.05) is 25.1 Å². The zero-order valence-electron chi connectivity index (χ0n) is 13.4. The number of nitrogens with zero attached hydrogens (tertiary/aromatic N) is 3. The molecule has 1 atom stereocenters. The number of nitriles is 1. The molecule has 0 aromatic heterocycles. The third-order valence-corrected chi connectivity index (χ3v) is 4.70. The molecule has 1 N–H and O–H groups in total. The van der Waals surface area contributed by atoms with Crippen molar-refractivity contribution in [2.24, 2.45) is 4.99 Å². The van der Waals surface area contributed by atoms with Crippen molar-refractivity contribution in [3.8, 4) is 6.07 Å². The van der Waals surface area contributed by atoms with Crippen molar-refractivity contribution in [2.75, 3.05) is 18.5 Å². The monoisotopic (exact) mass is 328 g/mol. The number of thiocarbonyl (C=S) groups is 1. The second-order valence-electron chi connectivity index (χ2n) is 6.54.